The maximum atomic E-state index is 6.02. The molecule has 21 heavy (non-hydrogen) atoms. The van der Waals surface area contributed by atoms with E-state index >= 15 is 0 Å². The largest absolute Gasteiger partial charge is 0.307 e. The van der Waals surface area contributed by atoms with Crippen molar-refractivity contribution in [1.82, 2.24) is 5.32 Å². The van der Waals surface area contributed by atoms with Crippen LogP contribution in [0.15, 0.2) is 24.3 Å². The third kappa shape index (κ3) is 5.30. The normalized spacial score (nSPS) is 20.0. The summed E-state index contributed by atoms with van der Waals surface area (Å²) in [6.07, 6.45) is 10.9. The zero-order valence-electron chi connectivity index (χ0n) is 13.6. The second-order valence-electron chi connectivity index (χ2n) is 6.60. The molecular weight excluding hydrogens is 278 g/mol. The maximum absolute atomic E-state index is 6.02. The Hall–Kier alpha value is -0.530. The predicted octanol–water partition coefficient (Wildman–Crippen LogP) is 6.13. The summed E-state index contributed by atoms with van der Waals surface area (Å²) in [6.45, 7) is 4.65. The Balaban J connectivity index is 1.99. The lowest BCUT2D eigenvalue weighted by Gasteiger charge is -2.29. The fraction of sp³-hybridized carbons (Fsp3) is 0.684. The Bertz CT molecular complexity index is 393. The van der Waals surface area contributed by atoms with Crippen LogP contribution in [0.25, 0.3) is 0 Å². The zero-order chi connectivity index (χ0) is 15.1. The molecular formula is C19H30ClN. The monoisotopic (exact) mass is 307 g/mol. The zero-order valence-corrected chi connectivity index (χ0v) is 14.3. The third-order valence-corrected chi connectivity index (χ3v) is 5.17. The number of halogens is 1. The van der Waals surface area contributed by atoms with E-state index in [1.165, 1.54) is 56.9 Å². The van der Waals surface area contributed by atoms with Gasteiger partial charge in [-0.3, -0.25) is 0 Å². The molecule has 1 aromatic rings. The predicted molar refractivity (Wildman–Crippen MR) is 92.9 cm³/mol. The van der Waals surface area contributed by atoms with Crippen molar-refractivity contribution in [3.63, 3.8) is 0 Å². The van der Waals surface area contributed by atoms with Crippen molar-refractivity contribution in [3.8, 4) is 0 Å². The van der Waals surface area contributed by atoms with Crippen LogP contribution in [0.5, 0.6) is 0 Å². The van der Waals surface area contributed by atoms with Crippen molar-refractivity contribution in [3.05, 3.63) is 34.9 Å². The standard InChI is InChI=1S/C19H30ClN/c1-3-8-19(17-11-13-18(20)14-12-17)21-15(2)16-9-6-4-5-7-10-16/h11-16,19,21H,3-10H2,1-2H3/t15-,19?/m1/s1. The van der Waals surface area contributed by atoms with Gasteiger partial charge < -0.3 is 5.32 Å². The van der Waals surface area contributed by atoms with Crippen molar-refractivity contribution in [2.75, 3.05) is 0 Å². The molecule has 118 valence electrons. The smallest absolute Gasteiger partial charge is 0.0406 e. The lowest BCUT2D eigenvalue weighted by molar-refractivity contribution is 0.303. The summed E-state index contributed by atoms with van der Waals surface area (Å²) in [5.41, 5.74) is 1.38. The van der Waals surface area contributed by atoms with Gasteiger partial charge >= 0.3 is 0 Å². The first-order chi connectivity index (χ1) is 10.2. The van der Waals surface area contributed by atoms with E-state index in [9.17, 15) is 0 Å². The molecule has 0 heterocycles. The summed E-state index contributed by atoms with van der Waals surface area (Å²) in [5.74, 6) is 0.846. The van der Waals surface area contributed by atoms with Gasteiger partial charge in [0.05, 0.1) is 0 Å². The minimum Gasteiger partial charge on any atom is -0.307 e. The molecule has 1 fully saturated rings. The molecule has 1 N–H and O–H groups in total. The second-order valence-corrected chi connectivity index (χ2v) is 7.04. The molecule has 2 rings (SSSR count). The van der Waals surface area contributed by atoms with Gasteiger partial charge in [0.2, 0.25) is 0 Å². The lowest BCUT2D eigenvalue weighted by Crippen LogP contribution is -2.36. The molecule has 0 amide bonds. The highest BCUT2D eigenvalue weighted by molar-refractivity contribution is 6.30. The van der Waals surface area contributed by atoms with Gasteiger partial charge in [-0.05, 0) is 49.8 Å². The van der Waals surface area contributed by atoms with Crippen LogP contribution in [0.2, 0.25) is 5.02 Å². The van der Waals surface area contributed by atoms with Crippen LogP contribution in [-0.4, -0.2) is 6.04 Å². The van der Waals surface area contributed by atoms with Crippen molar-refractivity contribution >= 4 is 11.6 Å². The Morgan fingerprint density at radius 1 is 1.10 bits per heavy atom. The van der Waals surface area contributed by atoms with E-state index in [2.05, 4.69) is 31.3 Å². The van der Waals surface area contributed by atoms with Gasteiger partial charge in [0, 0.05) is 17.1 Å². The van der Waals surface area contributed by atoms with E-state index in [-0.39, 0.29) is 0 Å². The van der Waals surface area contributed by atoms with Gasteiger partial charge in [-0.1, -0.05) is 62.8 Å². The first kappa shape index (κ1) is 16.8. The van der Waals surface area contributed by atoms with Gasteiger partial charge in [0.1, 0.15) is 0 Å². The molecule has 1 aliphatic carbocycles. The van der Waals surface area contributed by atoms with Crippen molar-refractivity contribution < 1.29 is 0 Å². The fourth-order valence-corrected chi connectivity index (χ4v) is 3.72. The molecule has 2 heteroatoms. The van der Waals surface area contributed by atoms with Gasteiger partial charge in [0.25, 0.3) is 0 Å². The first-order valence-corrected chi connectivity index (χ1v) is 9.10. The van der Waals surface area contributed by atoms with Crippen LogP contribution in [0.4, 0.5) is 0 Å². The molecule has 0 spiro atoms. The van der Waals surface area contributed by atoms with E-state index in [1.807, 2.05) is 12.1 Å². The van der Waals surface area contributed by atoms with E-state index < -0.39 is 0 Å². The number of hydrogen-bond donors (Lipinski definition) is 1. The topological polar surface area (TPSA) is 12.0 Å². The van der Waals surface area contributed by atoms with Crippen molar-refractivity contribution in [2.24, 2.45) is 5.92 Å². The molecule has 1 unspecified atom stereocenters. The molecule has 0 aliphatic heterocycles. The molecule has 1 aromatic carbocycles. The molecule has 0 radical (unpaired) electrons. The Morgan fingerprint density at radius 2 is 1.71 bits per heavy atom. The SMILES string of the molecule is CCCC(N[C@H](C)C1CCCCCC1)c1ccc(Cl)cc1. The lowest BCUT2D eigenvalue weighted by atomic mass is 9.91. The molecule has 2 atom stereocenters. The summed E-state index contributed by atoms with van der Waals surface area (Å²) in [7, 11) is 0. The molecule has 0 bridgehead atoms. The minimum atomic E-state index is 0.463. The quantitative estimate of drug-likeness (QED) is 0.623. The second kappa shape index (κ2) is 8.80. The molecule has 1 aliphatic rings. The van der Waals surface area contributed by atoms with Gasteiger partial charge in [-0.25, -0.2) is 0 Å². The fourth-order valence-electron chi connectivity index (χ4n) is 3.59. The summed E-state index contributed by atoms with van der Waals surface area (Å²) < 4.78 is 0. The molecule has 1 saturated carbocycles. The van der Waals surface area contributed by atoms with Crippen LogP contribution < -0.4 is 5.32 Å². The number of rotatable bonds is 6. The minimum absolute atomic E-state index is 0.463. The summed E-state index contributed by atoms with van der Waals surface area (Å²) in [6, 6.07) is 9.45. The van der Waals surface area contributed by atoms with Crippen molar-refractivity contribution in [1.29, 1.82) is 0 Å². The summed E-state index contributed by atoms with van der Waals surface area (Å²) in [5, 5.41) is 4.73. The van der Waals surface area contributed by atoms with E-state index in [0.717, 1.165) is 10.9 Å². The number of hydrogen-bond acceptors (Lipinski definition) is 1. The maximum Gasteiger partial charge on any atom is 0.0406 e. The molecule has 0 saturated heterocycles. The highest BCUT2D eigenvalue weighted by Crippen LogP contribution is 2.28. The summed E-state index contributed by atoms with van der Waals surface area (Å²) in [4.78, 5) is 0. The van der Waals surface area contributed by atoms with Crippen LogP contribution in [0, 0.1) is 5.92 Å². The third-order valence-electron chi connectivity index (χ3n) is 4.92. The Kier molecular flexibility index (Phi) is 7.06. The van der Waals surface area contributed by atoms with Crippen LogP contribution in [0.1, 0.15) is 76.8 Å². The highest BCUT2D eigenvalue weighted by atomic mass is 35.5. The Labute approximate surface area is 135 Å². The summed E-state index contributed by atoms with van der Waals surface area (Å²) >= 11 is 6.02. The van der Waals surface area contributed by atoms with Crippen LogP contribution in [0.3, 0.4) is 0 Å². The van der Waals surface area contributed by atoms with Crippen molar-refractivity contribution in [2.45, 2.75) is 77.3 Å². The average Bonchev–Trinajstić information content (AvgIpc) is 2.77. The van der Waals surface area contributed by atoms with Crippen LogP contribution in [-0.2, 0) is 0 Å². The number of benzene rings is 1. The van der Waals surface area contributed by atoms with Gasteiger partial charge in [-0.15, -0.1) is 0 Å². The van der Waals surface area contributed by atoms with E-state index in [1.54, 1.807) is 0 Å². The highest BCUT2D eigenvalue weighted by Gasteiger charge is 2.22. The van der Waals surface area contributed by atoms with Crippen LogP contribution >= 0.6 is 11.6 Å². The number of nitrogens with one attached hydrogen (secondary N) is 1. The average molecular weight is 308 g/mol. The molecule has 1 nitrogen and oxygen atoms in total. The van der Waals surface area contributed by atoms with E-state index in [4.69, 9.17) is 11.6 Å². The van der Waals surface area contributed by atoms with Gasteiger partial charge in [-0.2, -0.15) is 0 Å². The van der Waals surface area contributed by atoms with E-state index in [0.29, 0.717) is 12.1 Å². The first-order valence-electron chi connectivity index (χ1n) is 8.72. The van der Waals surface area contributed by atoms with Gasteiger partial charge in [0.15, 0.2) is 0 Å². The molecule has 0 aromatic heterocycles. The Morgan fingerprint density at radius 3 is 2.29 bits per heavy atom.